The van der Waals surface area contributed by atoms with E-state index in [1.54, 1.807) is 23.1 Å². The third kappa shape index (κ3) is 4.20. The van der Waals surface area contributed by atoms with E-state index in [4.69, 9.17) is 4.42 Å². The lowest BCUT2D eigenvalue weighted by atomic mass is 10.0. The van der Waals surface area contributed by atoms with Gasteiger partial charge < -0.3 is 4.42 Å². The molecule has 0 amide bonds. The van der Waals surface area contributed by atoms with E-state index in [-0.39, 0.29) is 0 Å². The summed E-state index contributed by atoms with van der Waals surface area (Å²) < 4.78 is 5.72. The van der Waals surface area contributed by atoms with Crippen LogP contribution in [0.25, 0.3) is 11.1 Å². The van der Waals surface area contributed by atoms with Gasteiger partial charge in [-0.2, -0.15) is 0 Å². The van der Waals surface area contributed by atoms with E-state index in [2.05, 4.69) is 63.7 Å². The van der Waals surface area contributed by atoms with Gasteiger partial charge in [-0.3, -0.25) is 0 Å². The van der Waals surface area contributed by atoms with Gasteiger partial charge in [-0.25, -0.2) is 4.98 Å². The summed E-state index contributed by atoms with van der Waals surface area (Å²) in [6, 6.07) is 19.0. The lowest BCUT2D eigenvalue weighted by Gasteiger charge is -2.03. The molecule has 0 atom stereocenters. The van der Waals surface area contributed by atoms with Gasteiger partial charge in [0.25, 0.3) is 5.22 Å². The third-order valence-corrected chi connectivity index (χ3v) is 5.58. The van der Waals surface area contributed by atoms with Crippen molar-refractivity contribution in [1.82, 2.24) is 15.2 Å². The van der Waals surface area contributed by atoms with Gasteiger partial charge in [0.05, 0.1) is 17.1 Å². The van der Waals surface area contributed by atoms with E-state index in [1.807, 2.05) is 18.4 Å². The zero-order chi connectivity index (χ0) is 17.8. The SMILES string of the molecule is Cc1nc(Cc2nnc(SCc3ccc(-c4ccccc4)cc3)o2)cs1. The number of rotatable bonds is 6. The zero-order valence-electron chi connectivity index (χ0n) is 14.3. The van der Waals surface area contributed by atoms with Gasteiger partial charge in [0, 0.05) is 11.1 Å². The van der Waals surface area contributed by atoms with Crippen LogP contribution in [0.3, 0.4) is 0 Å². The van der Waals surface area contributed by atoms with Gasteiger partial charge in [-0.05, 0) is 23.6 Å². The van der Waals surface area contributed by atoms with Crippen molar-refractivity contribution < 1.29 is 4.42 Å². The molecule has 0 unspecified atom stereocenters. The normalized spacial score (nSPS) is 11.0. The van der Waals surface area contributed by atoms with Crippen molar-refractivity contribution in [2.75, 3.05) is 0 Å². The Morgan fingerprint density at radius 1 is 0.962 bits per heavy atom. The molecule has 130 valence electrons. The molecular weight excluding hydrogens is 362 g/mol. The summed E-state index contributed by atoms with van der Waals surface area (Å²) in [4.78, 5) is 4.43. The predicted molar refractivity (Wildman–Crippen MR) is 105 cm³/mol. The third-order valence-electron chi connectivity index (χ3n) is 3.87. The summed E-state index contributed by atoms with van der Waals surface area (Å²) in [5, 5.41) is 11.9. The quantitative estimate of drug-likeness (QED) is 0.421. The molecule has 0 aliphatic rings. The number of nitrogens with zero attached hydrogens (tertiary/aromatic N) is 3. The number of thiazole rings is 1. The van der Waals surface area contributed by atoms with Crippen LogP contribution in [0, 0.1) is 6.92 Å². The van der Waals surface area contributed by atoms with E-state index in [1.165, 1.54) is 16.7 Å². The topological polar surface area (TPSA) is 51.8 Å². The number of hydrogen-bond donors (Lipinski definition) is 0. The molecule has 26 heavy (non-hydrogen) atoms. The van der Waals surface area contributed by atoms with Crippen LogP contribution in [0.4, 0.5) is 0 Å². The molecule has 2 aromatic carbocycles. The van der Waals surface area contributed by atoms with E-state index in [0.717, 1.165) is 16.5 Å². The molecule has 4 rings (SSSR count). The molecule has 0 spiro atoms. The molecule has 4 nitrogen and oxygen atoms in total. The molecule has 2 aromatic heterocycles. The molecule has 0 aliphatic heterocycles. The molecule has 0 saturated heterocycles. The van der Waals surface area contributed by atoms with Crippen LogP contribution in [0.5, 0.6) is 0 Å². The molecule has 6 heteroatoms. The number of thioether (sulfide) groups is 1. The number of benzene rings is 2. The smallest absolute Gasteiger partial charge is 0.276 e. The highest BCUT2D eigenvalue weighted by Gasteiger charge is 2.10. The van der Waals surface area contributed by atoms with Crippen LogP contribution >= 0.6 is 23.1 Å². The van der Waals surface area contributed by atoms with Crippen molar-refractivity contribution >= 4 is 23.1 Å². The van der Waals surface area contributed by atoms with Crippen molar-refractivity contribution in [3.8, 4) is 11.1 Å². The Morgan fingerprint density at radius 2 is 1.73 bits per heavy atom. The minimum atomic E-state index is 0.587. The van der Waals surface area contributed by atoms with Crippen molar-refractivity contribution in [1.29, 1.82) is 0 Å². The Kier molecular flexibility index (Phi) is 5.13. The van der Waals surface area contributed by atoms with Gasteiger partial charge in [-0.15, -0.1) is 21.5 Å². The molecule has 0 N–H and O–H groups in total. The number of aromatic nitrogens is 3. The van der Waals surface area contributed by atoms with Crippen LogP contribution in [-0.4, -0.2) is 15.2 Å². The van der Waals surface area contributed by atoms with Gasteiger partial charge in [0.1, 0.15) is 0 Å². The highest BCUT2D eigenvalue weighted by molar-refractivity contribution is 7.98. The monoisotopic (exact) mass is 379 g/mol. The zero-order valence-corrected chi connectivity index (χ0v) is 15.9. The fraction of sp³-hybridized carbons (Fsp3) is 0.150. The number of aryl methyl sites for hydroxylation is 1. The second-order valence-corrected chi connectivity index (χ2v) is 7.84. The first kappa shape index (κ1) is 17.0. The summed E-state index contributed by atoms with van der Waals surface area (Å²) in [5.74, 6) is 1.41. The van der Waals surface area contributed by atoms with Crippen LogP contribution < -0.4 is 0 Å². The highest BCUT2D eigenvalue weighted by Crippen LogP contribution is 2.25. The maximum Gasteiger partial charge on any atom is 0.276 e. The first-order chi connectivity index (χ1) is 12.8. The van der Waals surface area contributed by atoms with Crippen molar-refractivity contribution in [3.05, 3.63) is 82.1 Å². The van der Waals surface area contributed by atoms with E-state index >= 15 is 0 Å². The van der Waals surface area contributed by atoms with Crippen molar-refractivity contribution in [3.63, 3.8) is 0 Å². The van der Waals surface area contributed by atoms with Crippen molar-refractivity contribution in [2.45, 2.75) is 24.3 Å². The minimum absolute atomic E-state index is 0.587. The summed E-state index contributed by atoms with van der Waals surface area (Å²) in [6.45, 7) is 1.99. The van der Waals surface area contributed by atoms with E-state index in [0.29, 0.717) is 17.5 Å². The van der Waals surface area contributed by atoms with Gasteiger partial charge in [-0.1, -0.05) is 66.4 Å². The van der Waals surface area contributed by atoms with Gasteiger partial charge >= 0.3 is 0 Å². The average molecular weight is 380 g/mol. The molecule has 0 radical (unpaired) electrons. The maximum atomic E-state index is 5.72. The largest absolute Gasteiger partial charge is 0.416 e. The first-order valence-electron chi connectivity index (χ1n) is 8.27. The Balaban J connectivity index is 1.35. The first-order valence-corrected chi connectivity index (χ1v) is 10.1. The fourth-order valence-corrected chi connectivity index (χ4v) is 3.93. The lowest BCUT2D eigenvalue weighted by Crippen LogP contribution is -1.88. The molecule has 4 aromatic rings. The van der Waals surface area contributed by atoms with Crippen LogP contribution in [0.2, 0.25) is 0 Å². The molecule has 0 aliphatic carbocycles. The van der Waals surface area contributed by atoms with Gasteiger partial charge in [0.2, 0.25) is 5.89 Å². The molecule has 2 heterocycles. The molecule has 0 saturated carbocycles. The van der Waals surface area contributed by atoms with Gasteiger partial charge in [0.15, 0.2) is 0 Å². The highest BCUT2D eigenvalue weighted by atomic mass is 32.2. The van der Waals surface area contributed by atoms with Crippen LogP contribution in [0.1, 0.15) is 22.2 Å². The summed E-state index contributed by atoms with van der Waals surface area (Å²) in [7, 11) is 0. The fourth-order valence-electron chi connectivity index (χ4n) is 2.58. The van der Waals surface area contributed by atoms with Crippen molar-refractivity contribution in [2.24, 2.45) is 0 Å². The minimum Gasteiger partial charge on any atom is -0.416 e. The maximum absolute atomic E-state index is 5.72. The Morgan fingerprint density at radius 3 is 2.46 bits per heavy atom. The summed E-state index contributed by atoms with van der Waals surface area (Å²) in [6.07, 6.45) is 0.587. The summed E-state index contributed by atoms with van der Waals surface area (Å²) in [5.41, 5.74) is 4.65. The molecule has 0 fully saturated rings. The Hall–Kier alpha value is -2.44. The molecular formula is C20H17N3OS2. The standard InChI is InChI=1S/C20H17N3OS2/c1-14-21-18(13-25-14)11-19-22-23-20(24-19)26-12-15-7-9-17(10-8-15)16-5-3-2-4-6-16/h2-10,13H,11-12H2,1H3. The van der Waals surface area contributed by atoms with E-state index < -0.39 is 0 Å². The second-order valence-electron chi connectivity index (χ2n) is 5.85. The Labute approximate surface area is 160 Å². The Bertz CT molecular complexity index is 978. The molecule has 0 bridgehead atoms. The lowest BCUT2D eigenvalue weighted by molar-refractivity contribution is 0.419. The predicted octanol–water partition coefficient (Wildman–Crippen LogP) is 5.38. The second kappa shape index (κ2) is 7.85. The average Bonchev–Trinajstić information content (AvgIpc) is 3.30. The van der Waals surface area contributed by atoms with E-state index in [9.17, 15) is 0 Å². The van der Waals surface area contributed by atoms with Crippen LogP contribution in [-0.2, 0) is 12.2 Å². The van der Waals surface area contributed by atoms with Crippen LogP contribution in [0.15, 0.2) is 69.6 Å². The number of hydrogen-bond acceptors (Lipinski definition) is 6. The summed E-state index contributed by atoms with van der Waals surface area (Å²) >= 11 is 3.18.